The first-order valence-corrected chi connectivity index (χ1v) is 10.1. The summed E-state index contributed by atoms with van der Waals surface area (Å²) in [6.45, 7) is 2.20. The molecule has 0 aromatic heterocycles. The molecule has 2 aromatic rings. The van der Waals surface area contributed by atoms with Crippen LogP contribution in [0.15, 0.2) is 53.4 Å². The van der Waals surface area contributed by atoms with Crippen molar-refractivity contribution in [3.8, 4) is 0 Å². The number of aliphatic carboxylic acids is 1. The van der Waals surface area contributed by atoms with E-state index in [0.717, 1.165) is 24.1 Å². The van der Waals surface area contributed by atoms with Crippen LogP contribution in [0.25, 0.3) is 0 Å². The first-order valence-electron chi connectivity index (χ1n) is 8.58. The molecule has 0 radical (unpaired) electrons. The van der Waals surface area contributed by atoms with Gasteiger partial charge in [0.15, 0.2) is 0 Å². The van der Waals surface area contributed by atoms with Crippen LogP contribution in [0.5, 0.6) is 0 Å². The smallest absolute Gasteiger partial charge is 0.303 e. The Labute approximate surface area is 153 Å². The molecule has 2 aromatic carbocycles. The van der Waals surface area contributed by atoms with Crippen LogP contribution in [-0.2, 0) is 27.8 Å². The van der Waals surface area contributed by atoms with Gasteiger partial charge < -0.3 is 5.11 Å². The zero-order valence-corrected chi connectivity index (χ0v) is 15.2. The number of nitrogens with zero attached hydrogens (tertiary/aromatic N) is 1. The molecule has 0 fully saturated rings. The van der Waals surface area contributed by atoms with Crippen molar-refractivity contribution in [3.05, 3.63) is 59.7 Å². The van der Waals surface area contributed by atoms with Gasteiger partial charge >= 0.3 is 5.97 Å². The Morgan fingerprint density at radius 2 is 1.88 bits per heavy atom. The molecule has 1 aliphatic rings. The van der Waals surface area contributed by atoms with Crippen molar-refractivity contribution in [1.29, 1.82) is 0 Å². The number of benzene rings is 2. The van der Waals surface area contributed by atoms with Crippen molar-refractivity contribution in [2.75, 3.05) is 17.8 Å². The van der Waals surface area contributed by atoms with E-state index in [-0.39, 0.29) is 11.3 Å². The lowest BCUT2D eigenvalue weighted by atomic mass is 10.00. The van der Waals surface area contributed by atoms with Crippen molar-refractivity contribution in [3.63, 3.8) is 0 Å². The molecule has 0 bridgehead atoms. The van der Waals surface area contributed by atoms with E-state index in [4.69, 9.17) is 5.11 Å². The summed E-state index contributed by atoms with van der Waals surface area (Å²) in [5.74, 6) is -0.789. The minimum atomic E-state index is -3.64. The Hall–Kier alpha value is -2.38. The van der Waals surface area contributed by atoms with E-state index in [9.17, 15) is 13.2 Å². The second kappa shape index (κ2) is 7.88. The maximum Gasteiger partial charge on any atom is 0.303 e. The molecule has 0 saturated carbocycles. The van der Waals surface area contributed by atoms with E-state index in [1.807, 2.05) is 12.1 Å². The standard InChI is InChI=1S/C19H22N2O4S/c22-19(23)7-4-11-21-12-10-15-8-9-18(13-16(15)14-21)26(24,25)20-17-5-2-1-3-6-17/h1-3,5-6,8-9,13,20H,4,7,10-12,14H2,(H,22,23). The molecule has 0 atom stereocenters. The molecule has 1 heterocycles. The van der Waals surface area contributed by atoms with E-state index in [1.54, 1.807) is 36.4 Å². The molecular weight excluding hydrogens is 352 g/mol. The average Bonchev–Trinajstić information content (AvgIpc) is 2.61. The third kappa shape index (κ3) is 4.62. The van der Waals surface area contributed by atoms with Gasteiger partial charge in [0.1, 0.15) is 0 Å². The van der Waals surface area contributed by atoms with E-state index < -0.39 is 16.0 Å². The van der Waals surface area contributed by atoms with Crippen LogP contribution in [-0.4, -0.2) is 37.5 Å². The second-order valence-corrected chi connectivity index (χ2v) is 8.11. The third-order valence-electron chi connectivity index (χ3n) is 4.47. The van der Waals surface area contributed by atoms with E-state index >= 15 is 0 Å². The lowest BCUT2D eigenvalue weighted by Gasteiger charge is -2.29. The lowest BCUT2D eigenvalue weighted by Crippen LogP contribution is -2.31. The van der Waals surface area contributed by atoms with E-state index in [0.29, 0.717) is 25.2 Å². The topological polar surface area (TPSA) is 86.7 Å². The molecule has 1 aliphatic heterocycles. The quantitative estimate of drug-likeness (QED) is 0.778. The van der Waals surface area contributed by atoms with Crippen LogP contribution in [0.2, 0.25) is 0 Å². The van der Waals surface area contributed by atoms with Gasteiger partial charge in [0.25, 0.3) is 10.0 Å². The SMILES string of the molecule is O=C(O)CCCN1CCc2ccc(S(=O)(=O)Nc3ccccc3)cc2C1. The van der Waals surface area contributed by atoms with Crippen molar-refractivity contribution < 1.29 is 18.3 Å². The van der Waals surface area contributed by atoms with Crippen molar-refractivity contribution in [2.24, 2.45) is 0 Å². The fraction of sp³-hybridized carbons (Fsp3) is 0.316. The molecule has 26 heavy (non-hydrogen) atoms. The normalized spacial score (nSPS) is 14.6. The van der Waals surface area contributed by atoms with Crippen LogP contribution < -0.4 is 4.72 Å². The zero-order chi connectivity index (χ0) is 18.6. The molecule has 0 aliphatic carbocycles. The molecule has 2 N–H and O–H groups in total. The number of carboxylic acids is 1. The molecule has 138 valence electrons. The van der Waals surface area contributed by atoms with Crippen molar-refractivity contribution in [2.45, 2.75) is 30.7 Å². The van der Waals surface area contributed by atoms with Crippen LogP contribution in [0, 0.1) is 0 Å². The van der Waals surface area contributed by atoms with Gasteiger partial charge in [-0.2, -0.15) is 0 Å². The predicted molar refractivity (Wildman–Crippen MR) is 99.5 cm³/mol. The summed E-state index contributed by atoms with van der Waals surface area (Å²) in [4.78, 5) is 13.1. The Morgan fingerprint density at radius 3 is 2.62 bits per heavy atom. The summed E-state index contributed by atoms with van der Waals surface area (Å²) in [5.41, 5.74) is 2.67. The minimum Gasteiger partial charge on any atom is -0.481 e. The monoisotopic (exact) mass is 374 g/mol. The third-order valence-corrected chi connectivity index (χ3v) is 5.85. The Bertz CT molecular complexity index is 882. The second-order valence-electron chi connectivity index (χ2n) is 6.43. The summed E-state index contributed by atoms with van der Waals surface area (Å²) in [6, 6.07) is 14.0. The first kappa shape index (κ1) is 18.4. The van der Waals surface area contributed by atoms with Gasteiger partial charge in [-0.05, 0) is 54.8 Å². The fourth-order valence-corrected chi connectivity index (χ4v) is 4.23. The van der Waals surface area contributed by atoms with Gasteiger partial charge in [0, 0.05) is 25.2 Å². The highest BCUT2D eigenvalue weighted by Crippen LogP contribution is 2.24. The molecule has 0 amide bonds. The Morgan fingerprint density at radius 1 is 1.12 bits per heavy atom. The van der Waals surface area contributed by atoms with Crippen LogP contribution in [0.4, 0.5) is 5.69 Å². The summed E-state index contributed by atoms with van der Waals surface area (Å²) in [5, 5.41) is 8.76. The number of carboxylic acid groups (broad SMARTS) is 1. The number of carbonyl (C=O) groups is 1. The average molecular weight is 374 g/mol. The molecule has 7 heteroatoms. The maximum absolute atomic E-state index is 12.6. The molecule has 3 rings (SSSR count). The van der Waals surface area contributed by atoms with Gasteiger partial charge in [-0.3, -0.25) is 14.4 Å². The highest BCUT2D eigenvalue weighted by Gasteiger charge is 2.20. The highest BCUT2D eigenvalue weighted by atomic mass is 32.2. The van der Waals surface area contributed by atoms with Crippen LogP contribution in [0.1, 0.15) is 24.0 Å². The number of fused-ring (bicyclic) bond motifs is 1. The van der Waals surface area contributed by atoms with Crippen LogP contribution >= 0.6 is 0 Å². The fourth-order valence-electron chi connectivity index (χ4n) is 3.12. The number of sulfonamides is 1. The van der Waals surface area contributed by atoms with E-state index in [2.05, 4.69) is 9.62 Å². The minimum absolute atomic E-state index is 0.152. The van der Waals surface area contributed by atoms with Gasteiger partial charge in [0.2, 0.25) is 0 Å². The zero-order valence-electron chi connectivity index (χ0n) is 14.4. The number of anilines is 1. The maximum atomic E-state index is 12.6. The molecule has 0 unspecified atom stereocenters. The summed E-state index contributed by atoms with van der Waals surface area (Å²) < 4.78 is 27.8. The molecule has 6 nitrogen and oxygen atoms in total. The number of hydrogen-bond acceptors (Lipinski definition) is 4. The summed E-state index contributed by atoms with van der Waals surface area (Å²) in [6.07, 6.45) is 1.59. The Balaban J connectivity index is 1.73. The lowest BCUT2D eigenvalue weighted by molar-refractivity contribution is -0.137. The number of hydrogen-bond donors (Lipinski definition) is 2. The Kier molecular flexibility index (Phi) is 5.58. The number of para-hydroxylation sites is 1. The van der Waals surface area contributed by atoms with Gasteiger partial charge in [-0.1, -0.05) is 24.3 Å². The van der Waals surface area contributed by atoms with Crippen LogP contribution in [0.3, 0.4) is 0 Å². The summed E-state index contributed by atoms with van der Waals surface area (Å²) >= 11 is 0. The van der Waals surface area contributed by atoms with E-state index in [1.165, 1.54) is 0 Å². The molecular formula is C19H22N2O4S. The van der Waals surface area contributed by atoms with Crippen molar-refractivity contribution in [1.82, 2.24) is 4.90 Å². The first-order chi connectivity index (χ1) is 12.4. The summed E-state index contributed by atoms with van der Waals surface area (Å²) in [7, 11) is -3.64. The highest BCUT2D eigenvalue weighted by molar-refractivity contribution is 7.92. The number of rotatable bonds is 7. The van der Waals surface area contributed by atoms with Gasteiger partial charge in [0.05, 0.1) is 4.90 Å². The number of nitrogens with one attached hydrogen (secondary N) is 1. The molecule has 0 spiro atoms. The largest absolute Gasteiger partial charge is 0.481 e. The van der Waals surface area contributed by atoms with Gasteiger partial charge in [-0.15, -0.1) is 0 Å². The van der Waals surface area contributed by atoms with Crippen molar-refractivity contribution >= 4 is 21.7 Å². The predicted octanol–water partition coefficient (Wildman–Crippen LogP) is 2.71. The molecule has 0 saturated heterocycles. The van der Waals surface area contributed by atoms with Gasteiger partial charge in [-0.25, -0.2) is 8.42 Å².